The van der Waals surface area contributed by atoms with E-state index in [1.807, 2.05) is 30.3 Å². The van der Waals surface area contributed by atoms with Crippen molar-refractivity contribution in [1.82, 2.24) is 0 Å². The van der Waals surface area contributed by atoms with E-state index in [1.165, 1.54) is 0 Å². The predicted octanol–water partition coefficient (Wildman–Crippen LogP) is 0.612. The van der Waals surface area contributed by atoms with Gasteiger partial charge in [0.1, 0.15) is 43.7 Å². The van der Waals surface area contributed by atoms with E-state index in [2.05, 4.69) is 4.99 Å². The molecule has 0 saturated carbocycles. The summed E-state index contributed by atoms with van der Waals surface area (Å²) < 4.78 is 17.0. The largest absolute Gasteiger partial charge is 0.486 e. The Labute approximate surface area is 180 Å². The average Bonchev–Trinajstić information content (AvgIpc) is 2.79. The van der Waals surface area contributed by atoms with Gasteiger partial charge in [-0.2, -0.15) is 0 Å². The lowest BCUT2D eigenvalue weighted by molar-refractivity contribution is -0.231. The molecule has 4 N–H and O–H groups in total. The minimum atomic E-state index is -1.42. The van der Waals surface area contributed by atoms with Crippen molar-refractivity contribution in [2.24, 2.45) is 4.99 Å². The molecule has 0 bridgehead atoms. The van der Waals surface area contributed by atoms with Crippen LogP contribution in [0.5, 0.6) is 11.5 Å². The van der Waals surface area contributed by atoms with Gasteiger partial charge in [0.2, 0.25) is 0 Å². The summed E-state index contributed by atoms with van der Waals surface area (Å²) >= 11 is 0. The number of benzene rings is 2. The molecule has 1 saturated heterocycles. The van der Waals surface area contributed by atoms with Crippen LogP contribution in [0.15, 0.2) is 41.4 Å². The van der Waals surface area contributed by atoms with Crippen LogP contribution in [-0.2, 0) is 11.2 Å². The minimum Gasteiger partial charge on any atom is -0.486 e. The minimum absolute atomic E-state index is 0.466. The fourth-order valence-corrected chi connectivity index (χ4v) is 4.02. The quantitative estimate of drug-likeness (QED) is 0.514. The molecular weight excluding hydrogens is 402 g/mol. The zero-order valence-corrected chi connectivity index (χ0v) is 17.2. The number of aliphatic hydroxyl groups is 4. The van der Waals surface area contributed by atoms with Crippen molar-refractivity contribution in [3.05, 3.63) is 58.7 Å². The van der Waals surface area contributed by atoms with Crippen LogP contribution in [0.25, 0.3) is 0 Å². The maximum Gasteiger partial charge on any atom is 0.161 e. The lowest BCUT2D eigenvalue weighted by Crippen LogP contribution is -2.55. The fourth-order valence-electron chi connectivity index (χ4n) is 4.02. The Morgan fingerprint density at radius 3 is 2.48 bits per heavy atom. The summed E-state index contributed by atoms with van der Waals surface area (Å²) in [6.07, 6.45) is -3.66. The molecule has 0 radical (unpaired) electrons. The van der Waals surface area contributed by atoms with Crippen LogP contribution >= 0.6 is 0 Å². The molecule has 5 atom stereocenters. The lowest BCUT2D eigenvalue weighted by Gasteiger charge is -2.40. The van der Waals surface area contributed by atoms with Crippen LogP contribution in [0.2, 0.25) is 0 Å². The van der Waals surface area contributed by atoms with E-state index in [-0.39, 0.29) is 0 Å². The molecule has 2 aliphatic heterocycles. The topological polar surface area (TPSA) is 121 Å². The van der Waals surface area contributed by atoms with E-state index < -0.39 is 37.1 Å². The number of ether oxygens (including phenoxy) is 3. The zero-order valence-electron chi connectivity index (χ0n) is 17.2. The number of aliphatic hydroxyl groups excluding tert-OH is 4. The molecular formula is C23H27NO7. The first-order valence-corrected chi connectivity index (χ1v) is 10.3. The summed E-state index contributed by atoms with van der Waals surface area (Å²) in [6.45, 7) is 0.577. The molecule has 2 aromatic rings. The second-order valence-electron chi connectivity index (χ2n) is 7.75. The third kappa shape index (κ3) is 4.44. The summed E-state index contributed by atoms with van der Waals surface area (Å²) in [4.78, 5) is 4.13. The third-order valence-electron chi connectivity index (χ3n) is 5.66. The molecule has 8 nitrogen and oxygen atoms in total. The predicted molar refractivity (Wildman–Crippen MR) is 113 cm³/mol. The number of nitrogens with zero attached hydrogens (tertiary/aromatic N) is 1. The maximum absolute atomic E-state index is 10.5. The molecule has 8 heteroatoms. The van der Waals surface area contributed by atoms with Crippen molar-refractivity contribution < 1.29 is 34.6 Å². The number of rotatable bonds is 5. The van der Waals surface area contributed by atoms with Gasteiger partial charge in [-0.15, -0.1) is 0 Å². The number of hydrogen-bond donors (Lipinski definition) is 4. The van der Waals surface area contributed by atoms with E-state index >= 15 is 0 Å². The number of fused-ring (bicyclic) bond motifs is 1. The fraction of sp³-hybridized carbons (Fsp3) is 0.435. The van der Waals surface area contributed by atoms with Crippen LogP contribution in [0.1, 0.15) is 28.4 Å². The van der Waals surface area contributed by atoms with Crippen molar-refractivity contribution >= 4 is 6.21 Å². The number of aliphatic imine (C=N–C) groups is 1. The third-order valence-corrected chi connectivity index (χ3v) is 5.66. The van der Waals surface area contributed by atoms with Gasteiger partial charge < -0.3 is 34.6 Å². The first kappa shape index (κ1) is 21.7. The molecule has 2 aromatic carbocycles. The van der Waals surface area contributed by atoms with Crippen molar-refractivity contribution in [2.75, 3.05) is 26.9 Å². The molecule has 0 aromatic heterocycles. The normalized spacial score (nSPS) is 28.1. The van der Waals surface area contributed by atoms with E-state index in [1.54, 1.807) is 19.3 Å². The standard InChI is InChI=1S/C23H27NO7/c1-24-11-15-4-3-14(23-22(28)21(27)20(26)19(12-25)31-23)10-16(15)8-13-2-5-17-18(9-13)30-7-6-29-17/h2-5,9-11,19-23,25-28H,6-8,12H2,1H3/t19-,20-,21+,22-,23+/m1/s1. The lowest BCUT2D eigenvalue weighted by atomic mass is 9.89. The van der Waals surface area contributed by atoms with Crippen molar-refractivity contribution in [1.29, 1.82) is 0 Å². The van der Waals surface area contributed by atoms with Crippen LogP contribution in [-0.4, -0.2) is 77.9 Å². The average molecular weight is 429 g/mol. The Kier molecular flexibility index (Phi) is 6.54. The number of hydrogen-bond acceptors (Lipinski definition) is 8. The molecule has 0 spiro atoms. The van der Waals surface area contributed by atoms with Gasteiger partial charge >= 0.3 is 0 Å². The van der Waals surface area contributed by atoms with Crippen molar-refractivity contribution in [3.8, 4) is 11.5 Å². The highest BCUT2D eigenvalue weighted by Crippen LogP contribution is 2.35. The molecule has 31 heavy (non-hydrogen) atoms. The smallest absolute Gasteiger partial charge is 0.161 e. The van der Waals surface area contributed by atoms with Gasteiger partial charge in [0.05, 0.1) is 6.61 Å². The second-order valence-corrected chi connectivity index (χ2v) is 7.75. The highest BCUT2D eigenvalue weighted by atomic mass is 16.6. The van der Waals surface area contributed by atoms with Gasteiger partial charge in [-0.1, -0.05) is 24.3 Å². The molecule has 0 amide bonds. The van der Waals surface area contributed by atoms with E-state index in [9.17, 15) is 20.4 Å². The summed E-state index contributed by atoms with van der Waals surface area (Å²) in [5.41, 5.74) is 3.50. The summed E-state index contributed by atoms with van der Waals surface area (Å²) in [6, 6.07) is 11.4. The van der Waals surface area contributed by atoms with Gasteiger partial charge in [-0.3, -0.25) is 4.99 Å². The molecule has 1 fully saturated rings. The molecule has 0 aliphatic carbocycles. The maximum atomic E-state index is 10.5. The highest BCUT2D eigenvalue weighted by molar-refractivity contribution is 5.82. The van der Waals surface area contributed by atoms with Gasteiger partial charge in [-0.05, 0) is 40.8 Å². The first-order valence-electron chi connectivity index (χ1n) is 10.3. The highest BCUT2D eigenvalue weighted by Gasteiger charge is 2.44. The van der Waals surface area contributed by atoms with Crippen LogP contribution < -0.4 is 9.47 Å². The Morgan fingerprint density at radius 2 is 1.74 bits per heavy atom. The van der Waals surface area contributed by atoms with Gasteiger partial charge in [0.25, 0.3) is 0 Å². The molecule has 2 aliphatic rings. The summed E-state index contributed by atoms with van der Waals surface area (Å²) in [7, 11) is 1.69. The SMILES string of the molecule is CN=Cc1ccc([C@@H]2O[C@H](CO)[C@@H](O)[C@H](O)[C@H]2O)cc1Cc1ccc2c(c1)OCCO2. The van der Waals surface area contributed by atoms with Crippen LogP contribution in [0.3, 0.4) is 0 Å². The monoisotopic (exact) mass is 429 g/mol. The van der Waals surface area contributed by atoms with E-state index in [4.69, 9.17) is 14.2 Å². The van der Waals surface area contributed by atoms with Gasteiger partial charge in [0, 0.05) is 13.3 Å². The van der Waals surface area contributed by atoms with Crippen molar-refractivity contribution in [2.45, 2.75) is 36.9 Å². The van der Waals surface area contributed by atoms with E-state index in [0.29, 0.717) is 30.9 Å². The van der Waals surface area contributed by atoms with Gasteiger partial charge in [0.15, 0.2) is 11.5 Å². The molecule has 2 heterocycles. The van der Waals surface area contributed by atoms with Crippen molar-refractivity contribution in [3.63, 3.8) is 0 Å². The van der Waals surface area contributed by atoms with Crippen LogP contribution in [0, 0.1) is 0 Å². The Balaban J connectivity index is 1.65. The Bertz CT molecular complexity index is 946. The molecule has 0 unspecified atom stereocenters. The van der Waals surface area contributed by atoms with Crippen LogP contribution in [0.4, 0.5) is 0 Å². The molecule has 4 rings (SSSR count). The Hall–Kier alpha value is -2.49. The first-order chi connectivity index (χ1) is 15.0. The van der Waals surface area contributed by atoms with E-state index in [0.717, 1.165) is 22.4 Å². The van der Waals surface area contributed by atoms with Gasteiger partial charge in [-0.25, -0.2) is 0 Å². The summed E-state index contributed by atoms with van der Waals surface area (Å²) in [5.74, 6) is 1.43. The Morgan fingerprint density at radius 1 is 0.968 bits per heavy atom. The zero-order chi connectivity index (χ0) is 22.0. The summed E-state index contributed by atoms with van der Waals surface area (Å²) in [5, 5.41) is 40.2. The second kappa shape index (κ2) is 9.33. The molecule has 166 valence electrons.